The maximum atomic E-state index is 12.0. The van der Waals surface area contributed by atoms with E-state index in [1.165, 1.54) is 0 Å². The first-order valence-corrected chi connectivity index (χ1v) is 18.0. The van der Waals surface area contributed by atoms with Crippen molar-refractivity contribution in [1.29, 1.82) is 0 Å². The maximum Gasteiger partial charge on any atom is 0.184 e. The summed E-state index contributed by atoms with van der Waals surface area (Å²) in [6.07, 6.45) is 43.4. The van der Waals surface area contributed by atoms with Crippen LogP contribution in [0.2, 0.25) is 0 Å². The summed E-state index contributed by atoms with van der Waals surface area (Å²) in [6, 6.07) is 0. The van der Waals surface area contributed by atoms with Gasteiger partial charge in [0.05, 0.1) is 0 Å². The van der Waals surface area contributed by atoms with E-state index < -0.39 is 23.0 Å². The Morgan fingerprint density at radius 2 is 0.731 bits per heavy atom. The highest BCUT2D eigenvalue weighted by Gasteiger charge is 2.37. The molecule has 2 N–H and O–H groups in total. The van der Waals surface area contributed by atoms with E-state index in [-0.39, 0.29) is 11.6 Å². The third-order valence-corrected chi connectivity index (χ3v) is 8.82. The largest absolute Gasteiger partial charge is 0.384 e. The van der Waals surface area contributed by atoms with Gasteiger partial charge < -0.3 is 10.2 Å². The number of allylic oxidation sites excluding steroid dienone is 28. The Morgan fingerprint density at radius 3 is 1.00 bits per heavy atom. The lowest BCUT2D eigenvalue weighted by molar-refractivity contribution is -0.129. The van der Waals surface area contributed by atoms with Gasteiger partial charge in [0.25, 0.3) is 0 Å². The van der Waals surface area contributed by atoms with Crippen LogP contribution in [0.5, 0.6) is 0 Å². The van der Waals surface area contributed by atoms with Crippen LogP contribution in [0.1, 0.15) is 82.1 Å². The first-order chi connectivity index (χ1) is 24.4. The summed E-state index contributed by atoms with van der Waals surface area (Å²) in [5.74, 6) is -0.443. The average Bonchev–Trinajstić information content (AvgIpc) is 3.05. The Balaban J connectivity index is 1.82. The molecule has 0 saturated heterocycles. The number of aliphatic hydroxyl groups is 2. The fourth-order valence-corrected chi connectivity index (χ4v) is 5.49. The predicted octanol–water partition coefficient (Wildman–Crippen LogP) is 11.1. The van der Waals surface area contributed by atoms with Crippen LogP contribution in [0.3, 0.4) is 0 Å². The monoisotopic (exact) mass is 700 g/mol. The van der Waals surface area contributed by atoms with Gasteiger partial charge in [-0.3, -0.25) is 9.59 Å². The Labute approximate surface area is 313 Å². The van der Waals surface area contributed by atoms with Gasteiger partial charge in [0.2, 0.25) is 0 Å². The van der Waals surface area contributed by atoms with E-state index >= 15 is 0 Å². The molecule has 52 heavy (non-hydrogen) atoms. The van der Waals surface area contributed by atoms with Crippen molar-refractivity contribution in [2.45, 2.75) is 94.3 Å². The minimum atomic E-state index is -0.932. The Hall–Kier alpha value is -4.64. The lowest BCUT2D eigenvalue weighted by atomic mass is 9.74. The highest BCUT2D eigenvalue weighted by Crippen LogP contribution is 2.35. The number of hydrogen-bond donors (Lipinski definition) is 2. The molecule has 2 rings (SSSR count). The number of ketones is 2. The standard InChI is InChI=1S/C48H60O4/c1-35(19-13-21-37(3)23-15-25-39(5)27-29-41-31-43(49)45(51)47(7,8)33-41)17-11-12-18-36(2)20-14-22-38(4)24-16-26-40(6)28-30-42-32-44(50)46(52)48(9,10)34-42/h11-32,45-46,51-52H,33-34H2,1-10H3/b12-11+,19-13+,20-14+,23-15+,24-16+,29-27+,30-28+,35-17+,36-18+,37-21+,38-22+,39-25+,40-26+. The highest BCUT2D eigenvalue weighted by molar-refractivity contribution is 5.96. The van der Waals surface area contributed by atoms with Crippen LogP contribution in [-0.4, -0.2) is 34.0 Å². The molecule has 0 aromatic rings. The molecule has 0 aromatic carbocycles. The van der Waals surface area contributed by atoms with Crippen molar-refractivity contribution >= 4 is 11.6 Å². The Morgan fingerprint density at radius 1 is 0.481 bits per heavy atom. The van der Waals surface area contributed by atoms with Crippen molar-refractivity contribution in [2.24, 2.45) is 10.8 Å². The molecule has 0 saturated carbocycles. The predicted molar refractivity (Wildman–Crippen MR) is 222 cm³/mol. The second-order valence-corrected chi connectivity index (χ2v) is 15.3. The SMILES string of the molecule is CC(/C=C/C=C(C)/C=C/C=C(C)/C=C/C1=CC(=O)C(O)C(C)(C)C1)=C\C=C\C=C(C)\C=C\C=C(C)\C=C\C=C(C)\C=C\C1=CC(=O)C(O)C(C)(C)C1. The van der Waals surface area contributed by atoms with Gasteiger partial charge in [-0.2, -0.15) is 0 Å². The zero-order valence-corrected chi connectivity index (χ0v) is 33.0. The molecule has 0 radical (unpaired) electrons. The number of rotatable bonds is 14. The minimum absolute atomic E-state index is 0.222. The molecular weight excluding hydrogens is 641 g/mol. The van der Waals surface area contributed by atoms with Gasteiger partial charge in [-0.25, -0.2) is 0 Å². The summed E-state index contributed by atoms with van der Waals surface area (Å²) in [4.78, 5) is 24.1. The molecule has 0 fully saturated rings. The quantitative estimate of drug-likeness (QED) is 0.177. The summed E-state index contributed by atoms with van der Waals surface area (Å²) >= 11 is 0. The lowest BCUT2D eigenvalue weighted by Gasteiger charge is -2.32. The Kier molecular flexibility index (Phi) is 17.6. The van der Waals surface area contributed by atoms with Crippen LogP contribution in [-0.2, 0) is 9.59 Å². The molecule has 0 aromatic heterocycles. The molecular formula is C48H60O4. The number of aliphatic hydroxyl groups excluding tert-OH is 2. The van der Waals surface area contributed by atoms with E-state index in [2.05, 4.69) is 76.3 Å². The van der Waals surface area contributed by atoms with Crippen LogP contribution in [0.25, 0.3) is 0 Å². The van der Waals surface area contributed by atoms with E-state index in [1.54, 1.807) is 12.2 Å². The summed E-state index contributed by atoms with van der Waals surface area (Å²) in [5.41, 5.74) is 7.69. The van der Waals surface area contributed by atoms with Crippen LogP contribution in [0, 0.1) is 10.8 Å². The van der Waals surface area contributed by atoms with Crippen LogP contribution >= 0.6 is 0 Å². The summed E-state index contributed by atoms with van der Waals surface area (Å²) in [5, 5.41) is 20.1. The van der Waals surface area contributed by atoms with Gasteiger partial charge in [-0.05, 0) is 77.7 Å². The number of hydrogen-bond acceptors (Lipinski definition) is 4. The molecule has 2 aliphatic carbocycles. The lowest BCUT2D eigenvalue weighted by Crippen LogP contribution is -2.38. The molecule has 2 aliphatic rings. The van der Waals surface area contributed by atoms with Gasteiger partial charge in [-0.15, -0.1) is 0 Å². The molecule has 4 heteroatoms. The molecule has 0 bridgehead atoms. The zero-order valence-electron chi connectivity index (χ0n) is 33.0. The molecule has 4 nitrogen and oxygen atoms in total. The third kappa shape index (κ3) is 16.1. The normalized spacial score (nSPS) is 23.2. The van der Waals surface area contributed by atoms with E-state index in [0.717, 1.165) is 44.6 Å². The highest BCUT2D eigenvalue weighted by atomic mass is 16.3. The van der Waals surface area contributed by atoms with Gasteiger partial charge in [0, 0.05) is 10.8 Å². The van der Waals surface area contributed by atoms with E-state index in [1.807, 2.05) is 114 Å². The van der Waals surface area contributed by atoms with Crippen molar-refractivity contribution in [2.75, 3.05) is 0 Å². The van der Waals surface area contributed by atoms with Gasteiger partial charge in [0.15, 0.2) is 11.6 Å². The summed E-state index contributed by atoms with van der Waals surface area (Å²) in [6.45, 7) is 20.0. The third-order valence-electron chi connectivity index (χ3n) is 8.82. The molecule has 0 spiro atoms. The molecule has 276 valence electrons. The molecule has 2 atom stereocenters. The summed E-state index contributed by atoms with van der Waals surface area (Å²) < 4.78 is 0. The summed E-state index contributed by atoms with van der Waals surface area (Å²) in [7, 11) is 0. The van der Waals surface area contributed by atoms with E-state index in [4.69, 9.17) is 0 Å². The van der Waals surface area contributed by atoms with E-state index in [0.29, 0.717) is 12.8 Å². The maximum absolute atomic E-state index is 12.0. The fraction of sp³-hybridized carbons (Fsp3) is 0.333. The van der Waals surface area contributed by atoms with Crippen molar-refractivity contribution < 1.29 is 19.8 Å². The number of carbonyl (C=O) groups is 2. The Bertz CT molecular complexity index is 1640. The van der Waals surface area contributed by atoms with Crippen LogP contribution in [0.15, 0.2) is 178 Å². The first kappa shape index (κ1) is 43.5. The van der Waals surface area contributed by atoms with Gasteiger partial charge in [-0.1, -0.05) is 183 Å². The van der Waals surface area contributed by atoms with Crippen LogP contribution in [0.4, 0.5) is 0 Å². The minimum Gasteiger partial charge on any atom is -0.384 e. The van der Waals surface area contributed by atoms with Gasteiger partial charge >= 0.3 is 0 Å². The second-order valence-electron chi connectivity index (χ2n) is 15.3. The second kappa shape index (κ2) is 21.0. The van der Waals surface area contributed by atoms with Crippen molar-refractivity contribution in [3.05, 3.63) is 178 Å². The van der Waals surface area contributed by atoms with Crippen molar-refractivity contribution in [3.8, 4) is 0 Å². The first-order valence-electron chi connectivity index (χ1n) is 18.0. The fourth-order valence-electron chi connectivity index (χ4n) is 5.49. The van der Waals surface area contributed by atoms with Crippen molar-refractivity contribution in [1.82, 2.24) is 0 Å². The topological polar surface area (TPSA) is 74.6 Å². The smallest absolute Gasteiger partial charge is 0.184 e. The molecule has 0 aliphatic heterocycles. The molecule has 2 unspecified atom stereocenters. The van der Waals surface area contributed by atoms with Gasteiger partial charge in [0.1, 0.15) is 12.2 Å². The molecule has 0 heterocycles. The van der Waals surface area contributed by atoms with E-state index in [9.17, 15) is 19.8 Å². The zero-order chi connectivity index (χ0) is 38.9. The number of carbonyl (C=O) groups excluding carboxylic acids is 2. The molecule has 0 amide bonds. The van der Waals surface area contributed by atoms with Crippen LogP contribution < -0.4 is 0 Å². The average molecular weight is 701 g/mol. The van der Waals surface area contributed by atoms with Crippen molar-refractivity contribution in [3.63, 3.8) is 0 Å².